The normalized spacial score (nSPS) is 17.9. The number of thiol groups is 1. The summed E-state index contributed by atoms with van der Waals surface area (Å²) in [5, 5.41) is 9.99. The van der Waals surface area contributed by atoms with E-state index < -0.39 is 29.3 Å². The quantitative estimate of drug-likeness (QED) is 0.721. The van der Waals surface area contributed by atoms with Crippen molar-refractivity contribution in [2.45, 2.75) is 6.04 Å². The summed E-state index contributed by atoms with van der Waals surface area (Å²) in [6.07, 6.45) is 0. The molecule has 1 aromatic carbocycles. The van der Waals surface area contributed by atoms with Gasteiger partial charge >= 0.3 is 0 Å². The monoisotopic (exact) mass is 359 g/mol. The molecule has 0 saturated carbocycles. The highest BCUT2D eigenvalue weighted by Gasteiger charge is 2.31. The van der Waals surface area contributed by atoms with Crippen LogP contribution in [0.3, 0.4) is 0 Å². The van der Waals surface area contributed by atoms with E-state index in [1.807, 2.05) is 0 Å². The van der Waals surface area contributed by atoms with Crippen LogP contribution in [0.2, 0.25) is 0 Å². The average Bonchev–Trinajstić information content (AvgIpc) is 3.08. The van der Waals surface area contributed by atoms with Crippen molar-refractivity contribution in [2.24, 2.45) is 4.99 Å². The van der Waals surface area contributed by atoms with Crippen molar-refractivity contribution in [3.8, 4) is 5.75 Å². The van der Waals surface area contributed by atoms with Gasteiger partial charge in [-0.25, -0.2) is 13.8 Å². The topological polar surface area (TPSA) is 74.6 Å². The third-order valence-corrected chi connectivity index (χ3v) is 5.27. The van der Waals surface area contributed by atoms with Gasteiger partial charge in [0.1, 0.15) is 10.1 Å². The van der Waals surface area contributed by atoms with Crippen molar-refractivity contribution in [1.29, 1.82) is 0 Å². The lowest BCUT2D eigenvalue weighted by atomic mass is 10.3. The molecule has 0 radical (unpaired) electrons. The molecular formula is C12H7F2N3O2S3. The molecular weight excluding hydrogens is 352 g/mol. The molecule has 1 aliphatic rings. The van der Waals surface area contributed by atoms with Crippen molar-refractivity contribution in [1.82, 2.24) is 9.71 Å². The molecule has 0 aliphatic carbocycles. The highest BCUT2D eigenvalue weighted by molar-refractivity contribution is 8.18. The number of aromatic hydroxyl groups is 1. The molecule has 0 fully saturated rings. The fourth-order valence-corrected chi connectivity index (χ4v) is 3.90. The summed E-state index contributed by atoms with van der Waals surface area (Å²) >= 11 is 5.71. The first-order valence-electron chi connectivity index (χ1n) is 5.78. The number of carbonyl (C=O) groups excluding carboxylic acids is 1. The first kappa shape index (κ1) is 15.3. The van der Waals surface area contributed by atoms with E-state index in [9.17, 15) is 18.7 Å². The standard InChI is InChI=1S/C12H7F2N3O2S3/c1-3-7(10(19)17-20)16-12(21-3)11-15-5-2-4(13)8(18)6(14)9(5)22-11/h2,7,18,20H,1H2,(H,17,19). The second-order valence-corrected chi connectivity index (χ2v) is 6.61. The lowest BCUT2D eigenvalue weighted by molar-refractivity contribution is -0.119. The number of amides is 1. The predicted octanol–water partition coefficient (Wildman–Crippen LogP) is 2.62. The first-order chi connectivity index (χ1) is 10.4. The van der Waals surface area contributed by atoms with Crippen LogP contribution >= 0.6 is 35.9 Å². The van der Waals surface area contributed by atoms with Gasteiger partial charge in [0.15, 0.2) is 23.4 Å². The van der Waals surface area contributed by atoms with E-state index >= 15 is 0 Å². The second kappa shape index (κ2) is 5.52. The fraction of sp³-hybridized carbons (Fsp3) is 0.0833. The van der Waals surface area contributed by atoms with Crippen LogP contribution in [0, 0.1) is 11.6 Å². The summed E-state index contributed by atoms with van der Waals surface area (Å²) in [5.74, 6) is -3.63. The number of phenolic OH excluding ortho intramolecular Hbond substituents is 1. The number of fused-ring (bicyclic) bond motifs is 1. The molecule has 0 spiro atoms. The number of benzene rings is 1. The molecule has 2 heterocycles. The Morgan fingerprint density at radius 2 is 2.23 bits per heavy atom. The molecule has 0 saturated heterocycles. The molecule has 10 heteroatoms. The number of halogens is 2. The van der Waals surface area contributed by atoms with Crippen LogP contribution in [0.25, 0.3) is 10.2 Å². The summed E-state index contributed by atoms with van der Waals surface area (Å²) in [6, 6.07) is 0.139. The van der Waals surface area contributed by atoms with E-state index in [0.717, 1.165) is 29.2 Å². The van der Waals surface area contributed by atoms with Crippen LogP contribution in [0.1, 0.15) is 5.01 Å². The minimum Gasteiger partial charge on any atom is -0.503 e. The zero-order chi connectivity index (χ0) is 16.0. The number of hydrogen-bond donors (Lipinski definition) is 3. The van der Waals surface area contributed by atoms with Crippen LogP contribution in [-0.2, 0) is 4.79 Å². The number of phenols is 1. The molecule has 0 bridgehead atoms. The number of thiazole rings is 1. The second-order valence-electron chi connectivity index (χ2n) is 4.27. The maximum absolute atomic E-state index is 13.8. The Morgan fingerprint density at radius 3 is 2.91 bits per heavy atom. The van der Waals surface area contributed by atoms with E-state index in [-0.39, 0.29) is 10.2 Å². The Hall–Kier alpha value is -1.65. The lowest BCUT2D eigenvalue weighted by Crippen LogP contribution is -2.26. The lowest BCUT2D eigenvalue weighted by Gasteiger charge is -2.03. The van der Waals surface area contributed by atoms with Gasteiger partial charge in [0.25, 0.3) is 5.91 Å². The van der Waals surface area contributed by atoms with Gasteiger partial charge in [0, 0.05) is 11.0 Å². The van der Waals surface area contributed by atoms with Crippen molar-refractivity contribution >= 4 is 57.1 Å². The SMILES string of the molecule is C=C1SC(c2nc3cc(F)c(O)c(F)c3s2)=NC1C(=O)NS. The highest BCUT2D eigenvalue weighted by Crippen LogP contribution is 2.38. The minimum atomic E-state index is -1.08. The zero-order valence-electron chi connectivity index (χ0n) is 10.6. The summed E-state index contributed by atoms with van der Waals surface area (Å²) in [5.41, 5.74) is 0.0730. The molecule has 1 aliphatic heterocycles. The number of rotatable bonds is 2. The molecule has 1 atom stereocenters. The van der Waals surface area contributed by atoms with E-state index in [2.05, 4.69) is 34.1 Å². The van der Waals surface area contributed by atoms with Gasteiger partial charge in [-0.15, -0.1) is 11.3 Å². The van der Waals surface area contributed by atoms with E-state index in [1.54, 1.807) is 0 Å². The maximum Gasteiger partial charge on any atom is 0.259 e. The van der Waals surface area contributed by atoms with Gasteiger partial charge in [0.2, 0.25) is 0 Å². The fourth-order valence-electron chi connectivity index (χ4n) is 1.84. The van der Waals surface area contributed by atoms with Crippen molar-refractivity contribution in [3.05, 3.63) is 34.2 Å². The summed E-state index contributed by atoms with van der Waals surface area (Å²) in [6.45, 7) is 3.74. The highest BCUT2D eigenvalue weighted by atomic mass is 32.2. The Morgan fingerprint density at radius 1 is 1.50 bits per heavy atom. The minimum absolute atomic E-state index is 0.0184. The maximum atomic E-state index is 13.8. The van der Waals surface area contributed by atoms with Crippen molar-refractivity contribution in [3.63, 3.8) is 0 Å². The van der Waals surface area contributed by atoms with Gasteiger partial charge in [0.05, 0.1) is 10.2 Å². The first-order valence-corrected chi connectivity index (χ1v) is 7.86. The Balaban J connectivity index is 2.07. The number of thioether (sulfide) groups is 1. The third kappa shape index (κ3) is 2.36. The van der Waals surface area contributed by atoms with Crippen LogP contribution in [0.4, 0.5) is 8.78 Å². The number of carbonyl (C=O) groups is 1. The number of hydrogen-bond acceptors (Lipinski definition) is 7. The van der Waals surface area contributed by atoms with Crippen LogP contribution in [0.15, 0.2) is 22.5 Å². The molecule has 1 aromatic heterocycles. The Kier molecular flexibility index (Phi) is 3.83. The average molecular weight is 359 g/mol. The van der Waals surface area contributed by atoms with Crippen LogP contribution in [0.5, 0.6) is 5.75 Å². The van der Waals surface area contributed by atoms with Gasteiger partial charge in [-0.2, -0.15) is 0 Å². The molecule has 1 unspecified atom stereocenters. The van der Waals surface area contributed by atoms with Gasteiger partial charge < -0.3 is 9.83 Å². The Labute approximate surface area is 136 Å². The van der Waals surface area contributed by atoms with Crippen molar-refractivity contribution in [2.75, 3.05) is 0 Å². The number of aliphatic imine (C=N–C) groups is 1. The van der Waals surface area contributed by atoms with E-state index in [1.165, 1.54) is 0 Å². The van der Waals surface area contributed by atoms with Crippen LogP contribution < -0.4 is 4.72 Å². The largest absolute Gasteiger partial charge is 0.503 e. The van der Waals surface area contributed by atoms with Gasteiger partial charge in [-0.05, 0) is 0 Å². The summed E-state index contributed by atoms with van der Waals surface area (Å²) in [7, 11) is 0. The van der Waals surface area contributed by atoms with Crippen molar-refractivity contribution < 1.29 is 18.7 Å². The van der Waals surface area contributed by atoms with Gasteiger partial charge in [-0.3, -0.25) is 9.79 Å². The molecule has 22 heavy (non-hydrogen) atoms. The van der Waals surface area contributed by atoms with Gasteiger partial charge in [-0.1, -0.05) is 31.2 Å². The Bertz CT molecular complexity index is 850. The molecule has 5 nitrogen and oxygen atoms in total. The number of nitrogens with one attached hydrogen (secondary N) is 1. The summed E-state index contributed by atoms with van der Waals surface area (Å²) < 4.78 is 29.4. The zero-order valence-corrected chi connectivity index (χ0v) is 13.2. The molecule has 1 amide bonds. The van der Waals surface area contributed by atoms with Crippen LogP contribution in [-0.4, -0.2) is 27.1 Å². The number of aromatic nitrogens is 1. The molecule has 2 aromatic rings. The molecule has 114 valence electrons. The molecule has 2 N–H and O–H groups in total. The van der Waals surface area contributed by atoms with E-state index in [0.29, 0.717) is 15.0 Å². The third-order valence-electron chi connectivity index (χ3n) is 2.87. The predicted molar refractivity (Wildman–Crippen MR) is 85.4 cm³/mol. The number of nitrogens with zero attached hydrogens (tertiary/aromatic N) is 2. The molecule has 3 rings (SSSR count). The van der Waals surface area contributed by atoms with E-state index in [4.69, 9.17) is 0 Å². The summed E-state index contributed by atoms with van der Waals surface area (Å²) in [4.78, 5) is 20.3. The smallest absolute Gasteiger partial charge is 0.259 e.